The predicted octanol–water partition coefficient (Wildman–Crippen LogP) is 12.3. The van der Waals surface area contributed by atoms with Crippen molar-refractivity contribution in [2.75, 3.05) is 0 Å². The Bertz CT molecular complexity index is 3050. The molecule has 0 radical (unpaired) electrons. The van der Waals surface area contributed by atoms with Crippen molar-refractivity contribution in [2.24, 2.45) is 4.99 Å². The van der Waals surface area contributed by atoms with Crippen LogP contribution in [-0.2, 0) is 0 Å². The maximum Gasteiger partial charge on any atom is 0.143 e. The number of para-hydroxylation sites is 2. The Hall–Kier alpha value is -6.95. The van der Waals surface area contributed by atoms with Crippen LogP contribution in [0.25, 0.3) is 76.9 Å². The van der Waals surface area contributed by atoms with Crippen molar-refractivity contribution in [1.29, 1.82) is 0 Å². The number of nitrogens with one attached hydrogen (secondary N) is 2. The van der Waals surface area contributed by atoms with Gasteiger partial charge in [-0.25, -0.2) is 4.99 Å². The SMILES string of the molecule is c1ccc(C2=NC(c3ccccc3)NC(c3ccc(-c4cccc5c4oc4c(-c6cccc7oc8cc9ccccc9cc8c67)cccc45)cc3)N2)cc1. The summed E-state index contributed by atoms with van der Waals surface area (Å²) >= 11 is 0. The fourth-order valence-corrected chi connectivity index (χ4v) is 8.13. The van der Waals surface area contributed by atoms with E-state index in [1.807, 2.05) is 24.3 Å². The molecule has 256 valence electrons. The average molecular weight is 696 g/mol. The number of aliphatic imine (C=N–C) groups is 1. The predicted molar refractivity (Wildman–Crippen MR) is 221 cm³/mol. The molecule has 54 heavy (non-hydrogen) atoms. The number of fused-ring (bicyclic) bond motifs is 7. The first-order valence-corrected chi connectivity index (χ1v) is 18.3. The van der Waals surface area contributed by atoms with Crippen LogP contribution in [0.3, 0.4) is 0 Å². The van der Waals surface area contributed by atoms with Crippen molar-refractivity contribution < 1.29 is 8.83 Å². The minimum atomic E-state index is -0.184. The summed E-state index contributed by atoms with van der Waals surface area (Å²) in [6.45, 7) is 0. The normalized spacial score (nSPS) is 16.0. The zero-order chi connectivity index (χ0) is 35.6. The molecule has 0 aliphatic carbocycles. The standard InChI is InChI=1S/C49H33N3O2/c1-3-12-31(13-4-1)47-50-48(32-14-5-2-6-15-32)52-49(51-47)33-26-24-30(25-27-33)36-18-9-21-39-40-22-10-20-38(46(40)54-45(36)39)37-19-11-23-42-44(37)41-28-34-16-7-8-17-35(34)29-43(41)53-42/h1-29,47,49,51H,(H,50,52). The molecule has 5 heteroatoms. The van der Waals surface area contributed by atoms with E-state index in [0.29, 0.717) is 0 Å². The van der Waals surface area contributed by atoms with Crippen LogP contribution >= 0.6 is 0 Å². The third-order valence-electron chi connectivity index (χ3n) is 10.8. The van der Waals surface area contributed by atoms with E-state index in [-0.39, 0.29) is 12.3 Å². The van der Waals surface area contributed by atoms with Crippen LogP contribution in [0.5, 0.6) is 0 Å². The van der Waals surface area contributed by atoms with E-state index in [0.717, 1.165) is 88.7 Å². The second kappa shape index (κ2) is 12.3. The number of rotatable bonds is 5. The van der Waals surface area contributed by atoms with Gasteiger partial charge in [-0.3, -0.25) is 5.32 Å². The summed E-state index contributed by atoms with van der Waals surface area (Å²) in [5.41, 5.74) is 11.1. The van der Waals surface area contributed by atoms with Gasteiger partial charge in [-0.05, 0) is 51.2 Å². The van der Waals surface area contributed by atoms with E-state index in [1.54, 1.807) is 0 Å². The highest BCUT2D eigenvalue weighted by molar-refractivity contribution is 6.19. The molecule has 0 fully saturated rings. The molecule has 2 N–H and O–H groups in total. The van der Waals surface area contributed by atoms with E-state index in [2.05, 4.69) is 162 Å². The summed E-state index contributed by atoms with van der Waals surface area (Å²) < 4.78 is 13.4. The Morgan fingerprint density at radius 1 is 0.444 bits per heavy atom. The molecule has 0 saturated carbocycles. The van der Waals surface area contributed by atoms with Crippen LogP contribution in [0.4, 0.5) is 0 Å². The molecule has 1 aliphatic heterocycles. The van der Waals surface area contributed by atoms with Crippen LogP contribution in [0.15, 0.2) is 190 Å². The van der Waals surface area contributed by atoms with Gasteiger partial charge in [0.05, 0.1) is 0 Å². The lowest BCUT2D eigenvalue weighted by molar-refractivity contribution is 0.409. The third-order valence-corrected chi connectivity index (χ3v) is 10.8. The smallest absolute Gasteiger partial charge is 0.143 e. The van der Waals surface area contributed by atoms with Crippen LogP contribution in [0.2, 0.25) is 0 Å². The van der Waals surface area contributed by atoms with Crippen molar-refractivity contribution in [3.8, 4) is 22.3 Å². The molecule has 0 bridgehead atoms. The molecule has 11 rings (SSSR count). The molecule has 0 spiro atoms. The molecule has 2 atom stereocenters. The van der Waals surface area contributed by atoms with E-state index < -0.39 is 0 Å². The summed E-state index contributed by atoms with van der Waals surface area (Å²) in [7, 11) is 0. The van der Waals surface area contributed by atoms with Gasteiger partial charge >= 0.3 is 0 Å². The highest BCUT2D eigenvalue weighted by Gasteiger charge is 2.26. The lowest BCUT2D eigenvalue weighted by Crippen LogP contribution is -2.44. The van der Waals surface area contributed by atoms with E-state index >= 15 is 0 Å². The van der Waals surface area contributed by atoms with Gasteiger partial charge in [0, 0.05) is 38.2 Å². The summed E-state index contributed by atoms with van der Waals surface area (Å²) in [6.07, 6.45) is -0.322. The monoisotopic (exact) mass is 695 g/mol. The van der Waals surface area contributed by atoms with E-state index in [1.165, 1.54) is 10.8 Å². The first kappa shape index (κ1) is 30.7. The first-order valence-electron chi connectivity index (χ1n) is 18.3. The number of amidine groups is 1. The minimum absolute atomic E-state index is 0.138. The fraction of sp³-hybridized carbons (Fsp3) is 0.0408. The van der Waals surface area contributed by atoms with Gasteiger partial charge in [0.25, 0.3) is 0 Å². The van der Waals surface area contributed by atoms with Crippen LogP contribution in [0.1, 0.15) is 29.0 Å². The molecule has 2 unspecified atom stereocenters. The van der Waals surface area contributed by atoms with E-state index in [9.17, 15) is 0 Å². The quantitative estimate of drug-likeness (QED) is 0.188. The number of nitrogens with zero attached hydrogens (tertiary/aromatic N) is 1. The third kappa shape index (κ3) is 5.01. The first-order chi connectivity index (χ1) is 26.7. The Kier molecular flexibility index (Phi) is 7.00. The topological polar surface area (TPSA) is 62.7 Å². The van der Waals surface area contributed by atoms with Gasteiger partial charge in [0.15, 0.2) is 0 Å². The highest BCUT2D eigenvalue weighted by Crippen LogP contribution is 2.44. The second-order valence-electron chi connectivity index (χ2n) is 14.0. The zero-order valence-electron chi connectivity index (χ0n) is 29.2. The van der Waals surface area contributed by atoms with Crippen molar-refractivity contribution >= 4 is 60.5 Å². The van der Waals surface area contributed by atoms with Crippen molar-refractivity contribution in [2.45, 2.75) is 12.3 Å². The molecular formula is C49H33N3O2. The Morgan fingerprint density at radius 2 is 1.09 bits per heavy atom. The maximum absolute atomic E-state index is 6.93. The maximum atomic E-state index is 6.93. The van der Waals surface area contributed by atoms with Gasteiger partial charge in [-0.2, -0.15) is 0 Å². The van der Waals surface area contributed by atoms with Gasteiger partial charge in [0.2, 0.25) is 0 Å². The molecular weight excluding hydrogens is 663 g/mol. The lowest BCUT2D eigenvalue weighted by Gasteiger charge is -2.32. The van der Waals surface area contributed by atoms with Crippen molar-refractivity contribution in [3.05, 3.63) is 193 Å². The number of hydrogen-bond donors (Lipinski definition) is 2. The van der Waals surface area contributed by atoms with Crippen molar-refractivity contribution in [3.63, 3.8) is 0 Å². The molecule has 0 saturated heterocycles. The second-order valence-corrected chi connectivity index (χ2v) is 14.0. The fourth-order valence-electron chi connectivity index (χ4n) is 8.13. The number of furan rings is 2. The minimum Gasteiger partial charge on any atom is -0.456 e. The Labute approximate surface area is 311 Å². The Morgan fingerprint density at radius 3 is 1.87 bits per heavy atom. The van der Waals surface area contributed by atoms with Gasteiger partial charge in [-0.15, -0.1) is 0 Å². The largest absolute Gasteiger partial charge is 0.456 e. The molecule has 1 aliphatic rings. The average Bonchev–Trinajstić information content (AvgIpc) is 3.81. The summed E-state index contributed by atoms with van der Waals surface area (Å²) in [5.74, 6) is 0.868. The van der Waals surface area contributed by atoms with E-state index in [4.69, 9.17) is 13.8 Å². The lowest BCUT2D eigenvalue weighted by atomic mass is 9.96. The van der Waals surface area contributed by atoms with Gasteiger partial charge in [0.1, 0.15) is 40.5 Å². The van der Waals surface area contributed by atoms with Crippen molar-refractivity contribution in [1.82, 2.24) is 10.6 Å². The summed E-state index contributed by atoms with van der Waals surface area (Å²) in [5, 5.41) is 14.1. The zero-order valence-corrected chi connectivity index (χ0v) is 29.2. The number of hydrogen-bond acceptors (Lipinski definition) is 5. The van der Waals surface area contributed by atoms with Crippen LogP contribution < -0.4 is 10.6 Å². The Balaban J connectivity index is 0.989. The molecule has 0 amide bonds. The summed E-state index contributed by atoms with van der Waals surface area (Å²) in [6, 6.07) is 61.5. The molecule has 10 aromatic rings. The number of benzene rings is 8. The molecule has 8 aromatic carbocycles. The highest BCUT2D eigenvalue weighted by atomic mass is 16.3. The van der Waals surface area contributed by atoms with Gasteiger partial charge in [-0.1, -0.05) is 158 Å². The summed E-state index contributed by atoms with van der Waals surface area (Å²) in [4.78, 5) is 5.06. The molecule has 3 heterocycles. The van der Waals surface area contributed by atoms with Crippen LogP contribution in [-0.4, -0.2) is 5.84 Å². The van der Waals surface area contributed by atoms with Crippen LogP contribution in [0, 0.1) is 0 Å². The molecule has 2 aromatic heterocycles. The van der Waals surface area contributed by atoms with Gasteiger partial charge < -0.3 is 14.2 Å². The molecule has 5 nitrogen and oxygen atoms in total.